The Morgan fingerprint density at radius 2 is 1.93 bits per heavy atom. The summed E-state index contributed by atoms with van der Waals surface area (Å²) in [7, 11) is -1.22. The summed E-state index contributed by atoms with van der Waals surface area (Å²) >= 11 is 0. The fourth-order valence-electron chi connectivity index (χ4n) is 3.87. The molecule has 3 amide bonds. The number of unbranched alkanes of at least 4 members (excludes halogenated alkanes) is 4. The highest BCUT2D eigenvalue weighted by Crippen LogP contribution is 2.31. The van der Waals surface area contributed by atoms with Crippen molar-refractivity contribution < 1.29 is 18.6 Å². The molecule has 30 heavy (non-hydrogen) atoms. The Balaban J connectivity index is 1.57. The number of nitrogens with zero attached hydrogens (tertiary/aromatic N) is 4. The molecule has 3 rings (SSSR count). The number of azide groups is 1. The number of hydrogen-bond donors (Lipinski definition) is 1. The van der Waals surface area contributed by atoms with E-state index in [-0.39, 0.29) is 24.8 Å². The van der Waals surface area contributed by atoms with Gasteiger partial charge in [-0.25, -0.2) is 0 Å². The maximum Gasteiger partial charge on any atom is 0.255 e. The van der Waals surface area contributed by atoms with E-state index in [0.717, 1.165) is 37.7 Å². The van der Waals surface area contributed by atoms with Crippen LogP contribution in [0.5, 0.6) is 0 Å². The first-order valence-electron chi connectivity index (χ1n) is 10.2. The van der Waals surface area contributed by atoms with E-state index in [4.69, 9.17) is 5.53 Å². The predicted molar refractivity (Wildman–Crippen MR) is 111 cm³/mol. The Morgan fingerprint density at radius 3 is 2.70 bits per heavy atom. The van der Waals surface area contributed by atoms with Crippen LogP contribution in [0.2, 0.25) is 0 Å². The van der Waals surface area contributed by atoms with Gasteiger partial charge in [0.1, 0.15) is 6.04 Å². The molecule has 0 radical (unpaired) electrons. The third-order valence-electron chi connectivity index (χ3n) is 5.44. The van der Waals surface area contributed by atoms with Gasteiger partial charge in [0.05, 0.1) is 10.8 Å². The standard InChI is InChI=1S/C20H25N5O4S/c21-24-22-11-4-2-1-3-5-12-30(29)17-8-6-7-14-15(17)13-25(20(14)28)16-9-10-18(26)23-19(16)27/h6-8,16H,1-5,9-13H2,(H,23,26,27). The summed E-state index contributed by atoms with van der Waals surface area (Å²) < 4.78 is 12.9. The van der Waals surface area contributed by atoms with Gasteiger partial charge in [-0.15, -0.1) is 0 Å². The Hall–Kier alpha value is -2.71. The minimum Gasteiger partial charge on any atom is -0.322 e. The van der Waals surface area contributed by atoms with Crippen LogP contribution in [0.1, 0.15) is 60.9 Å². The number of hydrogen-bond acceptors (Lipinski definition) is 5. The van der Waals surface area contributed by atoms with Crippen LogP contribution >= 0.6 is 0 Å². The molecule has 10 heteroatoms. The van der Waals surface area contributed by atoms with Gasteiger partial charge in [0, 0.05) is 46.2 Å². The smallest absolute Gasteiger partial charge is 0.255 e. The minimum atomic E-state index is -1.22. The molecule has 1 fully saturated rings. The second-order valence-corrected chi connectivity index (χ2v) is 8.99. The van der Waals surface area contributed by atoms with Crippen molar-refractivity contribution >= 4 is 28.5 Å². The molecule has 2 aliphatic rings. The molecule has 2 atom stereocenters. The molecular weight excluding hydrogens is 406 g/mol. The maximum absolute atomic E-state index is 12.9. The molecule has 0 aromatic heterocycles. The summed E-state index contributed by atoms with van der Waals surface area (Å²) in [5.41, 5.74) is 9.45. The average Bonchev–Trinajstić information content (AvgIpc) is 3.06. The van der Waals surface area contributed by atoms with E-state index >= 15 is 0 Å². The quantitative estimate of drug-likeness (QED) is 0.200. The molecule has 0 saturated carbocycles. The number of rotatable bonds is 10. The van der Waals surface area contributed by atoms with Crippen molar-refractivity contribution in [2.24, 2.45) is 5.11 Å². The molecule has 1 N–H and O–H groups in total. The van der Waals surface area contributed by atoms with Gasteiger partial charge in [-0.05, 0) is 36.9 Å². The van der Waals surface area contributed by atoms with E-state index < -0.39 is 22.7 Å². The van der Waals surface area contributed by atoms with Crippen LogP contribution in [0.3, 0.4) is 0 Å². The first-order valence-corrected chi connectivity index (χ1v) is 11.5. The van der Waals surface area contributed by atoms with Crippen LogP contribution in [0.25, 0.3) is 10.4 Å². The lowest BCUT2D eigenvalue weighted by atomic mass is 10.0. The first kappa shape index (κ1) is 22.0. The summed E-state index contributed by atoms with van der Waals surface area (Å²) in [5.74, 6) is -0.506. The lowest BCUT2D eigenvalue weighted by Gasteiger charge is -2.29. The van der Waals surface area contributed by atoms with Gasteiger partial charge in [-0.3, -0.25) is 23.9 Å². The number of benzene rings is 1. The van der Waals surface area contributed by atoms with Crippen molar-refractivity contribution in [3.8, 4) is 0 Å². The number of imide groups is 1. The number of piperidine rings is 1. The number of fused-ring (bicyclic) bond motifs is 1. The third kappa shape index (κ3) is 5.06. The number of carbonyl (C=O) groups is 3. The van der Waals surface area contributed by atoms with Crippen LogP contribution in [0, 0.1) is 0 Å². The summed E-state index contributed by atoms with van der Waals surface area (Å²) in [6.07, 6.45) is 5.09. The first-order chi connectivity index (χ1) is 14.5. The Bertz CT molecular complexity index is 912. The summed E-state index contributed by atoms with van der Waals surface area (Å²) in [6.45, 7) is 0.748. The molecule has 1 aromatic rings. The summed E-state index contributed by atoms with van der Waals surface area (Å²) in [5, 5.41) is 5.80. The predicted octanol–water partition coefficient (Wildman–Crippen LogP) is 2.82. The van der Waals surface area contributed by atoms with Crippen LogP contribution in [0.4, 0.5) is 0 Å². The zero-order valence-corrected chi connectivity index (χ0v) is 17.5. The van der Waals surface area contributed by atoms with Crippen molar-refractivity contribution in [1.29, 1.82) is 0 Å². The molecule has 2 unspecified atom stereocenters. The van der Waals surface area contributed by atoms with Crippen molar-refractivity contribution in [3.63, 3.8) is 0 Å². The van der Waals surface area contributed by atoms with E-state index in [1.54, 1.807) is 18.2 Å². The van der Waals surface area contributed by atoms with Crippen molar-refractivity contribution in [3.05, 3.63) is 39.8 Å². The molecular formula is C20H25N5O4S. The minimum absolute atomic E-state index is 0.207. The van der Waals surface area contributed by atoms with Gasteiger partial charge < -0.3 is 4.90 Å². The molecule has 2 aliphatic heterocycles. The summed E-state index contributed by atoms with van der Waals surface area (Å²) in [4.78, 5) is 41.3. The zero-order valence-electron chi connectivity index (χ0n) is 16.7. The van der Waals surface area contributed by atoms with E-state index in [9.17, 15) is 18.6 Å². The third-order valence-corrected chi connectivity index (χ3v) is 6.97. The number of nitrogens with one attached hydrogen (secondary N) is 1. The van der Waals surface area contributed by atoms with E-state index in [0.29, 0.717) is 29.2 Å². The van der Waals surface area contributed by atoms with Crippen molar-refractivity contribution in [2.45, 2.75) is 62.4 Å². The fraction of sp³-hybridized carbons (Fsp3) is 0.550. The normalized spacial score (nSPS) is 19.3. The van der Waals surface area contributed by atoms with Crippen molar-refractivity contribution in [2.75, 3.05) is 12.3 Å². The lowest BCUT2D eigenvalue weighted by Crippen LogP contribution is -2.52. The maximum atomic E-state index is 12.9. The second kappa shape index (κ2) is 10.4. The lowest BCUT2D eigenvalue weighted by molar-refractivity contribution is -0.136. The SMILES string of the molecule is [N-]=[N+]=NCCCCCCCS(=O)c1cccc2c1CN(C1CCC(=O)NC1=O)C2=O. The van der Waals surface area contributed by atoms with Gasteiger partial charge >= 0.3 is 0 Å². The molecule has 1 aromatic carbocycles. The Labute approximate surface area is 177 Å². The van der Waals surface area contributed by atoms with Crippen molar-refractivity contribution in [1.82, 2.24) is 10.2 Å². The monoisotopic (exact) mass is 431 g/mol. The molecule has 0 spiro atoms. The van der Waals surface area contributed by atoms with Crippen LogP contribution in [-0.2, 0) is 26.9 Å². The number of amides is 3. The van der Waals surface area contributed by atoms with Gasteiger partial charge in [0.2, 0.25) is 11.8 Å². The number of carbonyl (C=O) groups excluding carboxylic acids is 3. The van der Waals surface area contributed by atoms with Crippen LogP contribution in [0.15, 0.2) is 28.2 Å². The van der Waals surface area contributed by atoms with Gasteiger partial charge in [0.15, 0.2) is 0 Å². The molecule has 0 aliphatic carbocycles. The van der Waals surface area contributed by atoms with Gasteiger partial charge in [0.25, 0.3) is 5.91 Å². The highest BCUT2D eigenvalue weighted by atomic mass is 32.2. The largest absolute Gasteiger partial charge is 0.322 e. The molecule has 0 bridgehead atoms. The molecule has 160 valence electrons. The average molecular weight is 432 g/mol. The molecule has 2 heterocycles. The van der Waals surface area contributed by atoms with E-state index in [2.05, 4.69) is 15.3 Å². The molecule has 1 saturated heterocycles. The van der Waals surface area contributed by atoms with Crippen LogP contribution in [-0.4, -0.2) is 45.2 Å². The Kier molecular flexibility index (Phi) is 7.59. The van der Waals surface area contributed by atoms with Crippen LogP contribution < -0.4 is 5.32 Å². The zero-order chi connectivity index (χ0) is 21.5. The van der Waals surface area contributed by atoms with Gasteiger partial charge in [-0.1, -0.05) is 30.4 Å². The van der Waals surface area contributed by atoms with E-state index in [1.165, 1.54) is 4.90 Å². The van der Waals surface area contributed by atoms with E-state index in [1.807, 2.05) is 0 Å². The fourth-order valence-corrected chi connectivity index (χ4v) is 5.24. The highest BCUT2D eigenvalue weighted by Gasteiger charge is 2.40. The second-order valence-electron chi connectivity index (χ2n) is 7.45. The Morgan fingerprint density at radius 1 is 1.17 bits per heavy atom. The summed E-state index contributed by atoms with van der Waals surface area (Å²) in [6, 6.07) is 4.55. The highest BCUT2D eigenvalue weighted by molar-refractivity contribution is 7.85. The topological polar surface area (TPSA) is 132 Å². The van der Waals surface area contributed by atoms with Gasteiger partial charge in [-0.2, -0.15) is 0 Å². The molecule has 9 nitrogen and oxygen atoms in total.